The zero-order valence-electron chi connectivity index (χ0n) is 14.7. The van der Waals surface area contributed by atoms with E-state index < -0.39 is 35.4 Å². The number of pyridine rings is 1. The number of aromatic nitrogens is 1. The summed E-state index contributed by atoms with van der Waals surface area (Å²) in [6, 6.07) is 0.869. The first kappa shape index (κ1) is 20.5. The molecule has 0 aliphatic carbocycles. The van der Waals surface area contributed by atoms with Crippen LogP contribution in [0.2, 0.25) is 0 Å². The van der Waals surface area contributed by atoms with Crippen LogP contribution in [0.3, 0.4) is 0 Å². The van der Waals surface area contributed by atoms with E-state index in [0.717, 1.165) is 6.07 Å². The van der Waals surface area contributed by atoms with Crippen molar-refractivity contribution in [2.24, 2.45) is 5.92 Å². The van der Waals surface area contributed by atoms with Crippen molar-refractivity contribution in [3.8, 4) is 0 Å². The quantitative estimate of drug-likeness (QED) is 0.710. The molecule has 0 spiro atoms. The first-order valence-electron chi connectivity index (χ1n) is 7.81. The maximum absolute atomic E-state index is 12.8. The number of ether oxygens (including phenoxy) is 1. The third-order valence-electron chi connectivity index (χ3n) is 3.62. The Bertz CT molecular complexity index is 703. The van der Waals surface area contributed by atoms with Crippen LogP contribution in [-0.2, 0) is 15.7 Å². The smallest absolute Gasteiger partial charge is 0.433 e. The van der Waals surface area contributed by atoms with Crippen LogP contribution < -0.4 is 5.32 Å². The molecule has 0 saturated carbocycles. The van der Waals surface area contributed by atoms with Crippen molar-refractivity contribution in [1.29, 1.82) is 0 Å². The van der Waals surface area contributed by atoms with Crippen LogP contribution in [0.25, 0.3) is 0 Å². The van der Waals surface area contributed by atoms with Crippen LogP contribution in [0.1, 0.15) is 32.0 Å². The van der Waals surface area contributed by atoms with Gasteiger partial charge in [-0.2, -0.15) is 13.2 Å². The van der Waals surface area contributed by atoms with Crippen molar-refractivity contribution >= 4 is 33.6 Å². The second-order valence-electron chi connectivity index (χ2n) is 7.06. The van der Waals surface area contributed by atoms with E-state index in [2.05, 4.69) is 26.2 Å². The highest BCUT2D eigenvalue weighted by molar-refractivity contribution is 9.10. The normalized spacial score (nSPS) is 15.5. The molecule has 1 saturated heterocycles. The van der Waals surface area contributed by atoms with Crippen molar-refractivity contribution in [2.45, 2.75) is 39.5 Å². The summed E-state index contributed by atoms with van der Waals surface area (Å²) in [5.41, 5.74) is -1.26. The van der Waals surface area contributed by atoms with Gasteiger partial charge in [-0.1, -0.05) is 0 Å². The van der Waals surface area contributed by atoms with Crippen molar-refractivity contribution in [3.63, 3.8) is 0 Å². The lowest BCUT2D eigenvalue weighted by Crippen LogP contribution is -2.55. The van der Waals surface area contributed by atoms with Gasteiger partial charge in [0.25, 0.3) is 0 Å². The summed E-state index contributed by atoms with van der Waals surface area (Å²) in [5, 5.41) is 2.57. The molecule has 0 bridgehead atoms. The molecule has 0 aromatic carbocycles. The van der Waals surface area contributed by atoms with Crippen LogP contribution >= 0.6 is 15.9 Å². The number of hydrogen-bond donors (Lipinski definition) is 1. The standard InChI is InChI=1S/C16H19BrF3N3O3/c1-8-5-10(16(18,19)20)21-12(17)11(8)22-13(24)9-6-23(7-9)14(25)26-15(2,3)4/h5,9H,6-7H2,1-4H3,(H,22,24). The lowest BCUT2D eigenvalue weighted by Gasteiger charge is -2.38. The molecule has 1 aromatic rings. The van der Waals surface area contributed by atoms with E-state index in [1.165, 1.54) is 11.8 Å². The van der Waals surface area contributed by atoms with Crippen LogP contribution in [0.5, 0.6) is 0 Å². The van der Waals surface area contributed by atoms with Crippen LogP contribution in [0, 0.1) is 12.8 Å². The summed E-state index contributed by atoms with van der Waals surface area (Å²) in [5.74, 6) is -0.855. The topological polar surface area (TPSA) is 71.5 Å². The van der Waals surface area contributed by atoms with Gasteiger partial charge in [0.2, 0.25) is 5.91 Å². The molecule has 2 heterocycles. The number of aryl methyl sites for hydroxylation is 1. The van der Waals surface area contributed by atoms with Gasteiger partial charge in [-0.25, -0.2) is 9.78 Å². The molecule has 1 aliphatic heterocycles. The maximum atomic E-state index is 12.8. The molecule has 144 valence electrons. The molecule has 0 atom stereocenters. The van der Waals surface area contributed by atoms with Crippen molar-refractivity contribution in [3.05, 3.63) is 21.9 Å². The fraction of sp³-hybridized carbons (Fsp3) is 0.562. The van der Waals surface area contributed by atoms with Crippen molar-refractivity contribution in [1.82, 2.24) is 9.88 Å². The van der Waals surface area contributed by atoms with E-state index in [1.807, 2.05) is 0 Å². The number of hydrogen-bond acceptors (Lipinski definition) is 4. The predicted molar refractivity (Wildman–Crippen MR) is 91.6 cm³/mol. The van der Waals surface area contributed by atoms with E-state index in [0.29, 0.717) is 0 Å². The number of nitrogens with one attached hydrogen (secondary N) is 1. The number of likely N-dealkylation sites (tertiary alicyclic amines) is 1. The summed E-state index contributed by atoms with van der Waals surface area (Å²) >= 11 is 2.97. The fourth-order valence-corrected chi connectivity index (χ4v) is 2.88. The highest BCUT2D eigenvalue weighted by Gasteiger charge is 2.38. The van der Waals surface area contributed by atoms with E-state index in [1.54, 1.807) is 20.8 Å². The van der Waals surface area contributed by atoms with Gasteiger partial charge >= 0.3 is 12.3 Å². The van der Waals surface area contributed by atoms with Crippen LogP contribution in [-0.4, -0.2) is 40.6 Å². The van der Waals surface area contributed by atoms with Gasteiger partial charge in [-0.05, 0) is 55.3 Å². The number of anilines is 1. The Morgan fingerprint density at radius 1 is 1.31 bits per heavy atom. The van der Waals surface area contributed by atoms with Crippen molar-refractivity contribution < 1.29 is 27.5 Å². The lowest BCUT2D eigenvalue weighted by atomic mass is 9.99. The zero-order valence-corrected chi connectivity index (χ0v) is 16.3. The molecule has 2 rings (SSSR count). The summed E-state index contributed by atoms with van der Waals surface area (Å²) < 4.78 is 43.4. The number of amides is 2. The van der Waals surface area contributed by atoms with Gasteiger partial charge in [0.1, 0.15) is 15.9 Å². The van der Waals surface area contributed by atoms with Gasteiger partial charge < -0.3 is 15.0 Å². The summed E-state index contributed by atoms with van der Waals surface area (Å²) in [4.78, 5) is 29.0. The Balaban J connectivity index is 1.99. The van der Waals surface area contributed by atoms with E-state index in [9.17, 15) is 22.8 Å². The van der Waals surface area contributed by atoms with E-state index in [-0.39, 0.29) is 28.9 Å². The Kier molecular flexibility index (Phi) is 5.55. The van der Waals surface area contributed by atoms with Gasteiger partial charge in [-0.3, -0.25) is 4.79 Å². The highest BCUT2D eigenvalue weighted by Crippen LogP contribution is 2.34. The molecule has 1 aromatic heterocycles. The number of alkyl halides is 3. The number of halogens is 4. The predicted octanol–water partition coefficient (Wildman–Crippen LogP) is 3.98. The molecule has 1 fully saturated rings. The zero-order chi connectivity index (χ0) is 19.9. The highest BCUT2D eigenvalue weighted by atomic mass is 79.9. The average molecular weight is 438 g/mol. The average Bonchev–Trinajstić information content (AvgIpc) is 2.37. The Hall–Kier alpha value is -1.84. The minimum absolute atomic E-state index is 0.0958. The first-order chi connectivity index (χ1) is 11.8. The monoisotopic (exact) mass is 437 g/mol. The SMILES string of the molecule is Cc1cc(C(F)(F)F)nc(Br)c1NC(=O)C1CN(C(=O)OC(C)(C)C)C1. The van der Waals surface area contributed by atoms with E-state index in [4.69, 9.17) is 4.74 Å². The van der Waals surface area contributed by atoms with Crippen LogP contribution in [0.15, 0.2) is 10.7 Å². The molecule has 0 radical (unpaired) electrons. The lowest BCUT2D eigenvalue weighted by molar-refractivity contribution is -0.141. The molecule has 10 heteroatoms. The molecule has 26 heavy (non-hydrogen) atoms. The maximum Gasteiger partial charge on any atom is 0.433 e. The third kappa shape index (κ3) is 4.87. The minimum Gasteiger partial charge on any atom is -0.444 e. The Morgan fingerprint density at radius 2 is 1.88 bits per heavy atom. The number of carbonyl (C=O) groups excluding carboxylic acids is 2. The Labute approximate surface area is 157 Å². The first-order valence-corrected chi connectivity index (χ1v) is 8.60. The Morgan fingerprint density at radius 3 is 2.35 bits per heavy atom. The largest absolute Gasteiger partial charge is 0.444 e. The summed E-state index contributed by atoms with van der Waals surface area (Å²) in [7, 11) is 0. The van der Waals surface area contributed by atoms with Crippen molar-refractivity contribution in [2.75, 3.05) is 18.4 Å². The summed E-state index contributed by atoms with van der Waals surface area (Å²) in [6.07, 6.45) is -5.08. The molecular formula is C16H19BrF3N3O3. The molecule has 1 aliphatic rings. The number of carbonyl (C=O) groups is 2. The number of rotatable bonds is 2. The molecule has 1 N–H and O–H groups in total. The van der Waals surface area contributed by atoms with Gasteiger partial charge in [-0.15, -0.1) is 0 Å². The van der Waals surface area contributed by atoms with Gasteiger partial charge in [0, 0.05) is 13.1 Å². The third-order valence-corrected chi connectivity index (χ3v) is 4.19. The molecule has 2 amide bonds. The number of nitrogens with zero attached hydrogens (tertiary/aromatic N) is 2. The minimum atomic E-state index is -4.57. The van der Waals surface area contributed by atoms with E-state index >= 15 is 0 Å². The van der Waals surface area contributed by atoms with Gasteiger partial charge in [0.15, 0.2) is 0 Å². The van der Waals surface area contributed by atoms with Gasteiger partial charge in [0.05, 0.1) is 11.6 Å². The second-order valence-corrected chi connectivity index (χ2v) is 7.81. The fourth-order valence-electron chi connectivity index (χ4n) is 2.27. The molecular weight excluding hydrogens is 419 g/mol. The second kappa shape index (κ2) is 7.05. The molecule has 0 unspecified atom stereocenters. The van der Waals surface area contributed by atoms with Crippen LogP contribution in [0.4, 0.5) is 23.7 Å². The summed E-state index contributed by atoms with van der Waals surface area (Å²) in [6.45, 7) is 7.05. The molecule has 6 nitrogen and oxygen atoms in total.